The van der Waals surface area contributed by atoms with Crippen LogP contribution in [-0.2, 0) is 23.2 Å². The Morgan fingerprint density at radius 2 is 1.75 bits per heavy atom. The Labute approximate surface area is 164 Å². The van der Waals surface area contributed by atoms with Crippen molar-refractivity contribution in [2.24, 2.45) is 0 Å². The number of hydrogen-bond donors (Lipinski definition) is 1. The Morgan fingerprint density at radius 3 is 2.46 bits per heavy atom. The van der Waals surface area contributed by atoms with Gasteiger partial charge in [0.25, 0.3) is 0 Å². The molecule has 4 rings (SSSR count). The summed E-state index contributed by atoms with van der Waals surface area (Å²) in [5, 5.41) is 10.4. The number of amides is 1. The predicted octanol–water partition coefficient (Wildman–Crippen LogP) is 3.03. The van der Waals surface area contributed by atoms with Gasteiger partial charge in [-0.2, -0.15) is 0 Å². The van der Waals surface area contributed by atoms with Gasteiger partial charge in [0.15, 0.2) is 23.0 Å². The number of hydrogen-bond acceptors (Lipinski definition) is 5. The molecular formula is C22H25NO5. The average molecular weight is 383 g/mol. The molecule has 0 aliphatic carbocycles. The van der Waals surface area contributed by atoms with Crippen LogP contribution in [0.3, 0.4) is 0 Å². The second-order valence-electron chi connectivity index (χ2n) is 7.37. The monoisotopic (exact) mass is 383 g/mol. The molecule has 28 heavy (non-hydrogen) atoms. The zero-order chi connectivity index (χ0) is 19.9. The fourth-order valence-electron chi connectivity index (χ4n) is 4.69. The average Bonchev–Trinajstić information content (AvgIpc) is 3.04. The second kappa shape index (κ2) is 6.93. The molecule has 0 bridgehead atoms. The van der Waals surface area contributed by atoms with Gasteiger partial charge < -0.3 is 24.2 Å². The van der Waals surface area contributed by atoms with E-state index in [0.717, 1.165) is 29.5 Å². The van der Waals surface area contributed by atoms with Crippen LogP contribution in [-0.4, -0.2) is 43.8 Å². The lowest BCUT2D eigenvalue weighted by atomic mass is 9.76. The van der Waals surface area contributed by atoms with Crippen LogP contribution in [0.5, 0.6) is 23.0 Å². The highest BCUT2D eigenvalue weighted by atomic mass is 16.5. The van der Waals surface area contributed by atoms with Crippen LogP contribution < -0.4 is 14.2 Å². The minimum Gasteiger partial charge on any atom is -0.504 e. The molecule has 6 heteroatoms. The van der Waals surface area contributed by atoms with E-state index in [0.29, 0.717) is 36.6 Å². The van der Waals surface area contributed by atoms with Crippen molar-refractivity contribution in [3.63, 3.8) is 0 Å². The van der Waals surface area contributed by atoms with E-state index in [4.69, 9.17) is 14.2 Å². The van der Waals surface area contributed by atoms with E-state index in [-0.39, 0.29) is 11.7 Å². The lowest BCUT2D eigenvalue weighted by Crippen LogP contribution is -2.49. The number of benzene rings is 2. The van der Waals surface area contributed by atoms with Gasteiger partial charge in [0.1, 0.15) is 0 Å². The Kier molecular flexibility index (Phi) is 4.57. The van der Waals surface area contributed by atoms with Gasteiger partial charge in [-0.15, -0.1) is 0 Å². The molecule has 0 spiro atoms. The third-order valence-electron chi connectivity index (χ3n) is 6.03. The Hall–Kier alpha value is -2.89. The van der Waals surface area contributed by atoms with Crippen LogP contribution in [0.25, 0.3) is 0 Å². The normalized spacial score (nSPS) is 20.5. The number of fused-ring (bicyclic) bond motifs is 3. The maximum absolute atomic E-state index is 12.6. The Balaban J connectivity index is 1.81. The first-order valence-electron chi connectivity index (χ1n) is 9.44. The van der Waals surface area contributed by atoms with Crippen molar-refractivity contribution in [1.82, 2.24) is 4.90 Å². The summed E-state index contributed by atoms with van der Waals surface area (Å²) in [6.07, 6.45) is 2.64. The van der Waals surface area contributed by atoms with Crippen molar-refractivity contribution >= 4 is 5.91 Å². The first-order valence-corrected chi connectivity index (χ1v) is 9.44. The smallest absolute Gasteiger partial charge is 0.223 e. The van der Waals surface area contributed by atoms with E-state index < -0.39 is 5.54 Å². The molecule has 2 heterocycles. The summed E-state index contributed by atoms with van der Waals surface area (Å²) < 4.78 is 16.1. The van der Waals surface area contributed by atoms with Crippen molar-refractivity contribution in [2.75, 3.05) is 27.9 Å². The van der Waals surface area contributed by atoms with E-state index in [1.165, 1.54) is 0 Å². The van der Waals surface area contributed by atoms with E-state index >= 15 is 0 Å². The number of phenolic OH excluding ortho intramolecular Hbond substituents is 1. The van der Waals surface area contributed by atoms with Crippen molar-refractivity contribution < 1.29 is 24.1 Å². The maximum atomic E-state index is 12.6. The Morgan fingerprint density at radius 1 is 1.00 bits per heavy atom. The fraction of sp³-hybridized carbons (Fsp3) is 0.409. The zero-order valence-electron chi connectivity index (χ0n) is 16.4. The standard InChI is InChI=1S/C22H25NO5/c1-26-18-5-4-14(10-20(18)28-3)13-22-8-6-21(25)23(22)9-7-15-11-19(27-2)17(24)12-16(15)22/h4-5,10-12,24H,6-9,13H2,1-3H3/t22-/m0/s1. The molecule has 1 saturated heterocycles. The lowest BCUT2D eigenvalue weighted by Gasteiger charge is -2.44. The molecule has 2 aromatic rings. The molecule has 2 aliphatic heterocycles. The number of phenols is 1. The van der Waals surface area contributed by atoms with Crippen LogP contribution in [0.15, 0.2) is 30.3 Å². The van der Waals surface area contributed by atoms with E-state index in [2.05, 4.69) is 0 Å². The van der Waals surface area contributed by atoms with Crippen LogP contribution in [0.1, 0.15) is 29.5 Å². The third kappa shape index (κ3) is 2.75. The van der Waals surface area contributed by atoms with Crippen molar-refractivity contribution in [3.8, 4) is 23.0 Å². The van der Waals surface area contributed by atoms with Gasteiger partial charge in [-0.1, -0.05) is 6.07 Å². The Bertz CT molecular complexity index is 925. The van der Waals surface area contributed by atoms with Crippen LogP contribution in [0.4, 0.5) is 0 Å². The van der Waals surface area contributed by atoms with E-state index in [1.807, 2.05) is 29.2 Å². The van der Waals surface area contributed by atoms with Crippen molar-refractivity contribution in [3.05, 3.63) is 47.0 Å². The van der Waals surface area contributed by atoms with Gasteiger partial charge in [-0.05, 0) is 53.8 Å². The number of rotatable bonds is 5. The van der Waals surface area contributed by atoms with Gasteiger partial charge in [-0.25, -0.2) is 0 Å². The van der Waals surface area contributed by atoms with Gasteiger partial charge >= 0.3 is 0 Å². The topological polar surface area (TPSA) is 68.2 Å². The van der Waals surface area contributed by atoms with Gasteiger partial charge in [-0.3, -0.25) is 4.79 Å². The maximum Gasteiger partial charge on any atom is 0.223 e. The van der Waals surface area contributed by atoms with Crippen LogP contribution in [0, 0.1) is 0 Å². The molecule has 148 valence electrons. The predicted molar refractivity (Wildman–Crippen MR) is 104 cm³/mol. The quantitative estimate of drug-likeness (QED) is 0.860. The molecule has 0 aromatic heterocycles. The molecule has 0 radical (unpaired) electrons. The summed E-state index contributed by atoms with van der Waals surface area (Å²) >= 11 is 0. The fourth-order valence-corrected chi connectivity index (χ4v) is 4.69. The third-order valence-corrected chi connectivity index (χ3v) is 6.03. The summed E-state index contributed by atoms with van der Waals surface area (Å²) in [4.78, 5) is 14.6. The molecule has 1 N–H and O–H groups in total. The summed E-state index contributed by atoms with van der Waals surface area (Å²) in [5.74, 6) is 2.09. The number of methoxy groups -OCH3 is 3. The van der Waals surface area contributed by atoms with Crippen LogP contribution >= 0.6 is 0 Å². The van der Waals surface area contributed by atoms with Gasteiger partial charge in [0.2, 0.25) is 5.91 Å². The van der Waals surface area contributed by atoms with E-state index in [1.54, 1.807) is 27.4 Å². The van der Waals surface area contributed by atoms with Crippen molar-refractivity contribution in [2.45, 2.75) is 31.2 Å². The molecular weight excluding hydrogens is 358 g/mol. The molecule has 1 amide bonds. The number of nitrogens with zero attached hydrogens (tertiary/aromatic N) is 1. The summed E-state index contributed by atoms with van der Waals surface area (Å²) in [5.41, 5.74) is 2.73. The number of carbonyl (C=O) groups excluding carboxylic acids is 1. The number of aromatic hydroxyl groups is 1. The number of ether oxygens (including phenoxy) is 3. The second-order valence-corrected chi connectivity index (χ2v) is 7.37. The minimum absolute atomic E-state index is 0.106. The highest BCUT2D eigenvalue weighted by Crippen LogP contribution is 2.49. The first kappa shape index (κ1) is 18.5. The molecule has 2 aliphatic rings. The SMILES string of the molecule is COc1cc2c(cc1O)[C@@]1(Cc3ccc(OC)c(OC)c3)CCC(=O)N1CC2. The molecule has 1 fully saturated rings. The zero-order valence-corrected chi connectivity index (χ0v) is 16.4. The molecule has 1 atom stereocenters. The summed E-state index contributed by atoms with van der Waals surface area (Å²) in [6, 6.07) is 9.54. The largest absolute Gasteiger partial charge is 0.504 e. The lowest BCUT2D eigenvalue weighted by molar-refractivity contribution is -0.132. The summed E-state index contributed by atoms with van der Waals surface area (Å²) in [7, 11) is 4.78. The highest BCUT2D eigenvalue weighted by Gasteiger charge is 2.49. The molecule has 0 saturated carbocycles. The van der Waals surface area contributed by atoms with Crippen LogP contribution in [0.2, 0.25) is 0 Å². The minimum atomic E-state index is -0.464. The first-order chi connectivity index (χ1) is 13.5. The molecule has 0 unspecified atom stereocenters. The van der Waals surface area contributed by atoms with Gasteiger partial charge in [0.05, 0.1) is 26.9 Å². The number of carbonyl (C=O) groups is 1. The van der Waals surface area contributed by atoms with Gasteiger partial charge in [0, 0.05) is 19.4 Å². The van der Waals surface area contributed by atoms with E-state index in [9.17, 15) is 9.90 Å². The highest BCUT2D eigenvalue weighted by molar-refractivity contribution is 5.81. The molecule has 2 aromatic carbocycles. The molecule has 6 nitrogen and oxygen atoms in total. The van der Waals surface area contributed by atoms with Crippen molar-refractivity contribution in [1.29, 1.82) is 0 Å². The summed E-state index contributed by atoms with van der Waals surface area (Å²) in [6.45, 7) is 0.674.